The van der Waals surface area contributed by atoms with Crippen molar-refractivity contribution in [1.82, 2.24) is 19.8 Å². The molecule has 0 spiro atoms. The Labute approximate surface area is 130 Å². The van der Waals surface area contributed by atoms with Gasteiger partial charge in [0, 0.05) is 38.7 Å². The molecule has 1 aromatic rings. The molecule has 2 amide bonds. The van der Waals surface area contributed by atoms with Crippen LogP contribution in [0.25, 0.3) is 6.08 Å². The molecule has 1 aromatic heterocycles. The SMILES string of the molecule is CN1C(=O)CCC[C@H]2CN(C(=O)/C=C/c3cnc[nH]3)CC[C@H]21. The van der Waals surface area contributed by atoms with E-state index in [1.54, 1.807) is 24.7 Å². The molecule has 3 rings (SSSR count). The first-order chi connectivity index (χ1) is 10.6. The number of aromatic nitrogens is 2. The van der Waals surface area contributed by atoms with E-state index >= 15 is 0 Å². The average molecular weight is 302 g/mol. The maximum atomic E-state index is 12.3. The molecule has 2 aliphatic rings. The third-order valence-electron chi connectivity index (χ3n) is 4.79. The number of nitrogens with one attached hydrogen (secondary N) is 1. The number of likely N-dealkylation sites (tertiary alicyclic amines) is 2. The molecule has 0 unspecified atom stereocenters. The van der Waals surface area contributed by atoms with Crippen LogP contribution in [-0.4, -0.2) is 57.8 Å². The summed E-state index contributed by atoms with van der Waals surface area (Å²) in [5.74, 6) is 0.674. The molecule has 0 aromatic carbocycles. The molecular formula is C16H22N4O2. The molecule has 0 aliphatic carbocycles. The van der Waals surface area contributed by atoms with E-state index < -0.39 is 0 Å². The van der Waals surface area contributed by atoms with Crippen LogP contribution < -0.4 is 0 Å². The molecule has 6 heteroatoms. The van der Waals surface area contributed by atoms with Crippen molar-refractivity contribution in [3.63, 3.8) is 0 Å². The van der Waals surface area contributed by atoms with Gasteiger partial charge in [0.2, 0.25) is 11.8 Å². The van der Waals surface area contributed by atoms with Crippen LogP contribution in [0.1, 0.15) is 31.4 Å². The van der Waals surface area contributed by atoms with Crippen molar-refractivity contribution in [2.24, 2.45) is 5.92 Å². The Morgan fingerprint density at radius 3 is 3.09 bits per heavy atom. The van der Waals surface area contributed by atoms with Crippen molar-refractivity contribution in [2.45, 2.75) is 31.7 Å². The number of hydrogen-bond donors (Lipinski definition) is 1. The zero-order valence-corrected chi connectivity index (χ0v) is 12.9. The predicted molar refractivity (Wildman–Crippen MR) is 82.7 cm³/mol. The number of fused-ring (bicyclic) bond motifs is 1. The zero-order valence-electron chi connectivity index (χ0n) is 12.9. The summed E-state index contributed by atoms with van der Waals surface area (Å²) in [5.41, 5.74) is 0.822. The van der Waals surface area contributed by atoms with Gasteiger partial charge < -0.3 is 14.8 Å². The summed E-state index contributed by atoms with van der Waals surface area (Å²) < 4.78 is 0. The van der Waals surface area contributed by atoms with E-state index in [2.05, 4.69) is 9.97 Å². The third-order valence-corrected chi connectivity index (χ3v) is 4.79. The van der Waals surface area contributed by atoms with Crippen molar-refractivity contribution in [3.05, 3.63) is 24.3 Å². The highest BCUT2D eigenvalue weighted by Crippen LogP contribution is 2.29. The Balaban J connectivity index is 1.63. The molecule has 2 fully saturated rings. The number of piperidine rings is 1. The number of carbonyl (C=O) groups excluding carboxylic acids is 2. The highest BCUT2D eigenvalue weighted by Gasteiger charge is 2.36. The van der Waals surface area contributed by atoms with E-state index in [0.29, 0.717) is 18.9 Å². The summed E-state index contributed by atoms with van der Waals surface area (Å²) in [7, 11) is 1.90. The molecule has 2 saturated heterocycles. The Hall–Kier alpha value is -2.11. The van der Waals surface area contributed by atoms with Crippen molar-refractivity contribution in [3.8, 4) is 0 Å². The maximum Gasteiger partial charge on any atom is 0.246 e. The smallest absolute Gasteiger partial charge is 0.246 e. The molecule has 2 atom stereocenters. The zero-order chi connectivity index (χ0) is 15.5. The van der Waals surface area contributed by atoms with Crippen LogP contribution in [0.15, 0.2) is 18.6 Å². The fraction of sp³-hybridized carbons (Fsp3) is 0.562. The van der Waals surface area contributed by atoms with Gasteiger partial charge in [-0.05, 0) is 31.3 Å². The van der Waals surface area contributed by atoms with Crippen LogP contribution in [0.3, 0.4) is 0 Å². The summed E-state index contributed by atoms with van der Waals surface area (Å²) in [6.45, 7) is 1.46. The van der Waals surface area contributed by atoms with Gasteiger partial charge in [-0.3, -0.25) is 9.59 Å². The standard InChI is InChI=1S/C16H22N4O2/c1-19-14-7-8-20(10-12(14)3-2-4-15(19)21)16(22)6-5-13-9-17-11-18-13/h5-6,9,11-12,14H,2-4,7-8,10H2,1H3,(H,17,18)/b6-5+/t12-,14+/m0/s1. The Kier molecular flexibility index (Phi) is 4.27. The number of amides is 2. The minimum atomic E-state index is 0.0336. The summed E-state index contributed by atoms with van der Waals surface area (Å²) in [5, 5.41) is 0. The van der Waals surface area contributed by atoms with Crippen LogP contribution in [0.2, 0.25) is 0 Å². The molecule has 2 aliphatic heterocycles. The Morgan fingerprint density at radius 1 is 1.45 bits per heavy atom. The lowest BCUT2D eigenvalue weighted by Gasteiger charge is -2.41. The normalized spacial score (nSPS) is 26.1. The van der Waals surface area contributed by atoms with E-state index in [0.717, 1.165) is 31.5 Å². The van der Waals surface area contributed by atoms with E-state index in [9.17, 15) is 9.59 Å². The highest BCUT2D eigenvalue weighted by molar-refractivity contribution is 5.91. The van der Waals surface area contributed by atoms with E-state index in [1.165, 1.54) is 0 Å². The van der Waals surface area contributed by atoms with Gasteiger partial charge in [0.05, 0.1) is 18.2 Å². The fourth-order valence-corrected chi connectivity index (χ4v) is 3.51. The third kappa shape index (κ3) is 3.05. The first-order valence-corrected chi connectivity index (χ1v) is 7.86. The lowest BCUT2D eigenvalue weighted by molar-refractivity contribution is -0.134. The number of nitrogens with zero attached hydrogens (tertiary/aromatic N) is 3. The molecule has 22 heavy (non-hydrogen) atoms. The lowest BCUT2D eigenvalue weighted by atomic mass is 9.88. The molecule has 1 N–H and O–H groups in total. The van der Waals surface area contributed by atoms with Gasteiger partial charge >= 0.3 is 0 Å². The first kappa shape index (κ1) is 14.8. The van der Waals surface area contributed by atoms with Gasteiger partial charge in [0.25, 0.3) is 0 Å². The van der Waals surface area contributed by atoms with Crippen LogP contribution in [0.5, 0.6) is 0 Å². The minimum absolute atomic E-state index is 0.0336. The highest BCUT2D eigenvalue weighted by atomic mass is 16.2. The molecule has 0 saturated carbocycles. The van der Waals surface area contributed by atoms with Gasteiger partial charge in [-0.2, -0.15) is 0 Å². The Morgan fingerprint density at radius 2 is 2.32 bits per heavy atom. The topological polar surface area (TPSA) is 69.3 Å². The maximum absolute atomic E-state index is 12.3. The van der Waals surface area contributed by atoms with Gasteiger partial charge in [0.15, 0.2) is 0 Å². The minimum Gasteiger partial charge on any atom is -0.345 e. The first-order valence-electron chi connectivity index (χ1n) is 7.86. The second-order valence-corrected chi connectivity index (χ2v) is 6.14. The quantitative estimate of drug-likeness (QED) is 0.837. The van der Waals surface area contributed by atoms with Crippen molar-refractivity contribution in [2.75, 3.05) is 20.1 Å². The largest absolute Gasteiger partial charge is 0.345 e. The van der Waals surface area contributed by atoms with Gasteiger partial charge in [-0.15, -0.1) is 0 Å². The van der Waals surface area contributed by atoms with E-state index in [-0.39, 0.29) is 17.9 Å². The van der Waals surface area contributed by atoms with E-state index in [1.807, 2.05) is 16.8 Å². The molecule has 0 bridgehead atoms. The van der Waals surface area contributed by atoms with Gasteiger partial charge in [-0.25, -0.2) is 4.98 Å². The molecule has 3 heterocycles. The second kappa shape index (κ2) is 6.34. The molecule has 0 radical (unpaired) electrons. The van der Waals surface area contributed by atoms with E-state index in [4.69, 9.17) is 0 Å². The van der Waals surface area contributed by atoms with Crippen molar-refractivity contribution < 1.29 is 9.59 Å². The lowest BCUT2D eigenvalue weighted by Crippen LogP contribution is -2.51. The van der Waals surface area contributed by atoms with Gasteiger partial charge in [-0.1, -0.05) is 0 Å². The van der Waals surface area contributed by atoms with Crippen molar-refractivity contribution >= 4 is 17.9 Å². The van der Waals surface area contributed by atoms with Crippen LogP contribution in [0.4, 0.5) is 0 Å². The molecule has 6 nitrogen and oxygen atoms in total. The number of imidazole rings is 1. The fourth-order valence-electron chi connectivity index (χ4n) is 3.51. The summed E-state index contributed by atoms with van der Waals surface area (Å²) in [6.07, 6.45) is 10.1. The average Bonchev–Trinajstić information content (AvgIpc) is 3.00. The molecular weight excluding hydrogens is 280 g/mol. The van der Waals surface area contributed by atoms with Gasteiger partial charge in [0.1, 0.15) is 0 Å². The summed E-state index contributed by atoms with van der Waals surface area (Å²) in [6, 6.07) is 0.288. The van der Waals surface area contributed by atoms with Crippen LogP contribution >= 0.6 is 0 Å². The predicted octanol–water partition coefficient (Wildman–Crippen LogP) is 1.28. The molecule has 118 valence electrons. The van der Waals surface area contributed by atoms with Crippen molar-refractivity contribution in [1.29, 1.82) is 0 Å². The van der Waals surface area contributed by atoms with Crippen LogP contribution in [-0.2, 0) is 9.59 Å². The number of hydrogen-bond acceptors (Lipinski definition) is 3. The number of H-pyrrole nitrogens is 1. The summed E-state index contributed by atoms with van der Waals surface area (Å²) >= 11 is 0. The number of aromatic amines is 1. The number of rotatable bonds is 2. The summed E-state index contributed by atoms with van der Waals surface area (Å²) in [4.78, 5) is 34.9. The Bertz CT molecular complexity index is 567. The number of carbonyl (C=O) groups is 2. The van der Waals surface area contributed by atoms with Crippen LogP contribution in [0, 0.1) is 5.92 Å². The monoisotopic (exact) mass is 302 g/mol. The second-order valence-electron chi connectivity index (χ2n) is 6.14.